The molecule has 1 aromatic carbocycles. The van der Waals surface area contributed by atoms with Crippen LogP contribution in [0.2, 0.25) is 0 Å². The third-order valence-corrected chi connectivity index (χ3v) is 3.30. The Morgan fingerprint density at radius 3 is 2.72 bits per heavy atom. The van der Waals surface area contributed by atoms with Crippen molar-refractivity contribution in [3.63, 3.8) is 0 Å². The van der Waals surface area contributed by atoms with Gasteiger partial charge in [-0.3, -0.25) is 4.79 Å². The molecule has 0 saturated heterocycles. The Balaban J connectivity index is 2.94. The largest absolute Gasteiger partial charge is 0.338 e. The van der Waals surface area contributed by atoms with E-state index in [2.05, 4.69) is 22.0 Å². The van der Waals surface area contributed by atoms with E-state index >= 15 is 0 Å². The molecule has 1 aromatic rings. The standard InChI is InChI=1S/C14H17BrN2O/c1-4-17(9-10(2)8-16)14(18)13-6-5-12(15)7-11(13)3/h5-7,10H,4,9H2,1-3H3. The minimum absolute atomic E-state index is 0.00963. The molecular weight excluding hydrogens is 292 g/mol. The smallest absolute Gasteiger partial charge is 0.254 e. The highest BCUT2D eigenvalue weighted by molar-refractivity contribution is 9.10. The van der Waals surface area contributed by atoms with Gasteiger partial charge in [0.1, 0.15) is 0 Å². The number of hydrogen-bond donors (Lipinski definition) is 0. The number of rotatable bonds is 4. The molecule has 1 rings (SSSR count). The number of aryl methyl sites for hydroxylation is 1. The summed E-state index contributed by atoms with van der Waals surface area (Å²) in [4.78, 5) is 14.1. The number of benzene rings is 1. The average Bonchev–Trinajstić information content (AvgIpc) is 2.34. The van der Waals surface area contributed by atoms with Gasteiger partial charge in [-0.05, 0) is 44.5 Å². The number of nitriles is 1. The normalized spacial score (nSPS) is 11.7. The zero-order valence-corrected chi connectivity index (χ0v) is 12.5. The molecule has 1 unspecified atom stereocenters. The van der Waals surface area contributed by atoms with Gasteiger partial charge < -0.3 is 4.90 Å². The van der Waals surface area contributed by atoms with Crippen LogP contribution in [0, 0.1) is 24.2 Å². The lowest BCUT2D eigenvalue weighted by molar-refractivity contribution is 0.0752. The van der Waals surface area contributed by atoms with Gasteiger partial charge in [0.2, 0.25) is 0 Å². The first kappa shape index (κ1) is 14.7. The fourth-order valence-electron chi connectivity index (χ4n) is 1.76. The summed E-state index contributed by atoms with van der Waals surface area (Å²) in [7, 11) is 0. The summed E-state index contributed by atoms with van der Waals surface area (Å²) in [6.45, 7) is 6.75. The molecule has 1 amide bonds. The van der Waals surface area contributed by atoms with Crippen molar-refractivity contribution in [2.75, 3.05) is 13.1 Å². The van der Waals surface area contributed by atoms with Gasteiger partial charge >= 0.3 is 0 Å². The molecule has 0 N–H and O–H groups in total. The molecular formula is C14H17BrN2O. The van der Waals surface area contributed by atoms with Gasteiger partial charge in [-0.15, -0.1) is 0 Å². The molecule has 0 aliphatic heterocycles. The number of carbonyl (C=O) groups is 1. The van der Waals surface area contributed by atoms with Gasteiger partial charge in [-0.1, -0.05) is 15.9 Å². The second-order valence-electron chi connectivity index (χ2n) is 4.33. The maximum atomic E-state index is 12.4. The summed E-state index contributed by atoms with van der Waals surface area (Å²) in [6, 6.07) is 7.77. The van der Waals surface area contributed by atoms with Gasteiger partial charge in [0.15, 0.2) is 0 Å². The minimum atomic E-state index is -0.148. The molecule has 0 fully saturated rings. The van der Waals surface area contributed by atoms with Crippen molar-refractivity contribution in [3.05, 3.63) is 33.8 Å². The molecule has 1 atom stereocenters. The molecule has 0 spiro atoms. The molecule has 0 aliphatic rings. The van der Waals surface area contributed by atoms with E-state index in [1.165, 1.54) is 0 Å². The summed E-state index contributed by atoms with van der Waals surface area (Å²) in [6.07, 6.45) is 0. The Bertz CT molecular complexity index is 479. The lowest BCUT2D eigenvalue weighted by Crippen LogP contribution is -2.34. The fourth-order valence-corrected chi connectivity index (χ4v) is 2.24. The molecule has 0 heterocycles. The van der Waals surface area contributed by atoms with Crippen LogP contribution in [0.4, 0.5) is 0 Å². The third kappa shape index (κ3) is 3.58. The maximum absolute atomic E-state index is 12.4. The Morgan fingerprint density at radius 2 is 2.22 bits per heavy atom. The van der Waals surface area contributed by atoms with E-state index < -0.39 is 0 Å². The van der Waals surface area contributed by atoms with Crippen LogP contribution in [-0.4, -0.2) is 23.9 Å². The van der Waals surface area contributed by atoms with Gasteiger partial charge in [-0.2, -0.15) is 5.26 Å². The van der Waals surface area contributed by atoms with E-state index in [1.807, 2.05) is 39.0 Å². The Hall–Kier alpha value is -1.34. The van der Waals surface area contributed by atoms with Crippen molar-refractivity contribution in [1.82, 2.24) is 4.90 Å². The number of halogens is 1. The second-order valence-corrected chi connectivity index (χ2v) is 5.25. The summed E-state index contributed by atoms with van der Waals surface area (Å²) in [5.74, 6) is -0.158. The zero-order valence-electron chi connectivity index (χ0n) is 10.9. The molecule has 18 heavy (non-hydrogen) atoms. The first-order chi connectivity index (χ1) is 8.49. The highest BCUT2D eigenvalue weighted by Crippen LogP contribution is 2.18. The predicted molar refractivity (Wildman–Crippen MR) is 75.2 cm³/mol. The van der Waals surface area contributed by atoms with E-state index in [1.54, 1.807) is 4.90 Å². The molecule has 0 aliphatic carbocycles. The van der Waals surface area contributed by atoms with Crippen molar-refractivity contribution in [1.29, 1.82) is 5.26 Å². The minimum Gasteiger partial charge on any atom is -0.338 e. The molecule has 0 saturated carbocycles. The van der Waals surface area contributed by atoms with Crippen molar-refractivity contribution < 1.29 is 4.79 Å². The third-order valence-electron chi connectivity index (χ3n) is 2.80. The summed E-state index contributed by atoms with van der Waals surface area (Å²) in [5.41, 5.74) is 1.64. The highest BCUT2D eigenvalue weighted by Gasteiger charge is 2.18. The molecule has 3 nitrogen and oxygen atoms in total. The van der Waals surface area contributed by atoms with Crippen LogP contribution < -0.4 is 0 Å². The first-order valence-electron chi connectivity index (χ1n) is 5.94. The lowest BCUT2D eigenvalue weighted by atomic mass is 10.1. The van der Waals surface area contributed by atoms with E-state index in [0.29, 0.717) is 18.7 Å². The highest BCUT2D eigenvalue weighted by atomic mass is 79.9. The van der Waals surface area contributed by atoms with Gasteiger partial charge in [0.25, 0.3) is 5.91 Å². The van der Waals surface area contributed by atoms with E-state index in [-0.39, 0.29) is 11.8 Å². The van der Waals surface area contributed by atoms with Crippen molar-refractivity contribution in [3.8, 4) is 6.07 Å². The quantitative estimate of drug-likeness (QED) is 0.856. The monoisotopic (exact) mass is 308 g/mol. The SMILES string of the molecule is CCN(CC(C)C#N)C(=O)c1ccc(Br)cc1C. The number of hydrogen-bond acceptors (Lipinski definition) is 2. The van der Waals surface area contributed by atoms with Crippen LogP contribution in [0.1, 0.15) is 29.8 Å². The molecule has 0 bridgehead atoms. The van der Waals surface area contributed by atoms with Crippen LogP contribution in [0.3, 0.4) is 0 Å². The topological polar surface area (TPSA) is 44.1 Å². The van der Waals surface area contributed by atoms with Crippen molar-refractivity contribution in [2.45, 2.75) is 20.8 Å². The van der Waals surface area contributed by atoms with Crippen LogP contribution in [0.5, 0.6) is 0 Å². The van der Waals surface area contributed by atoms with Gasteiger partial charge in [0.05, 0.1) is 12.0 Å². The molecule has 0 radical (unpaired) electrons. The Labute approximate surface area is 117 Å². The molecule has 96 valence electrons. The van der Waals surface area contributed by atoms with Crippen LogP contribution in [0.15, 0.2) is 22.7 Å². The summed E-state index contributed by atoms with van der Waals surface area (Å²) in [5, 5.41) is 8.83. The summed E-state index contributed by atoms with van der Waals surface area (Å²) < 4.78 is 0.963. The van der Waals surface area contributed by atoms with E-state index in [0.717, 1.165) is 10.0 Å². The second kappa shape index (κ2) is 6.55. The van der Waals surface area contributed by atoms with Crippen LogP contribution in [0.25, 0.3) is 0 Å². The fraction of sp³-hybridized carbons (Fsp3) is 0.429. The molecule has 0 aromatic heterocycles. The number of amides is 1. The van der Waals surface area contributed by atoms with Gasteiger partial charge in [-0.25, -0.2) is 0 Å². The number of nitrogens with zero attached hydrogens (tertiary/aromatic N) is 2. The summed E-state index contributed by atoms with van der Waals surface area (Å²) >= 11 is 3.38. The zero-order chi connectivity index (χ0) is 13.7. The van der Waals surface area contributed by atoms with E-state index in [4.69, 9.17) is 5.26 Å². The van der Waals surface area contributed by atoms with Crippen molar-refractivity contribution in [2.24, 2.45) is 5.92 Å². The Morgan fingerprint density at radius 1 is 1.56 bits per heavy atom. The predicted octanol–water partition coefficient (Wildman–Crippen LogP) is 3.38. The first-order valence-corrected chi connectivity index (χ1v) is 6.74. The van der Waals surface area contributed by atoms with Gasteiger partial charge in [0, 0.05) is 23.1 Å². The van der Waals surface area contributed by atoms with Crippen LogP contribution in [-0.2, 0) is 0 Å². The lowest BCUT2D eigenvalue weighted by Gasteiger charge is -2.22. The van der Waals surface area contributed by atoms with Crippen LogP contribution >= 0.6 is 15.9 Å². The van der Waals surface area contributed by atoms with Crippen molar-refractivity contribution >= 4 is 21.8 Å². The average molecular weight is 309 g/mol. The number of carbonyl (C=O) groups excluding carboxylic acids is 1. The maximum Gasteiger partial charge on any atom is 0.254 e. The Kier molecular flexibility index (Phi) is 5.36. The molecule has 4 heteroatoms. The van der Waals surface area contributed by atoms with E-state index in [9.17, 15) is 4.79 Å².